The molecule has 1 unspecified atom stereocenters. The molecule has 2 nitrogen and oxygen atoms in total. The molecule has 0 spiro atoms. The maximum absolute atomic E-state index is 11.7. The fraction of sp³-hybridized carbons (Fsp3) is 0.188. The number of carbonyl (C=O) groups excluding carboxylic acids is 1. The summed E-state index contributed by atoms with van der Waals surface area (Å²) in [4.78, 5) is 11.7. The first-order valence-electron chi connectivity index (χ1n) is 6.33. The third kappa shape index (κ3) is 3.99. The molecule has 4 heteroatoms. The van der Waals surface area contributed by atoms with Gasteiger partial charge in [0.2, 0.25) is 5.91 Å². The molecule has 0 heterocycles. The van der Waals surface area contributed by atoms with Gasteiger partial charge in [-0.25, -0.2) is 0 Å². The van der Waals surface area contributed by atoms with Crippen LogP contribution in [-0.4, -0.2) is 11.3 Å². The van der Waals surface area contributed by atoms with Crippen LogP contribution in [0.1, 0.15) is 18.1 Å². The number of amides is 1. The van der Waals surface area contributed by atoms with Crippen molar-refractivity contribution in [2.45, 2.75) is 18.7 Å². The number of benzene rings is 2. The molecule has 1 N–H and O–H groups in total. The molecule has 0 saturated heterocycles. The predicted octanol–water partition coefficient (Wildman–Crippen LogP) is 4.50. The van der Waals surface area contributed by atoms with E-state index in [0.717, 1.165) is 16.8 Å². The fourth-order valence-corrected chi connectivity index (χ4v) is 2.13. The topological polar surface area (TPSA) is 29.1 Å². The van der Waals surface area contributed by atoms with Crippen molar-refractivity contribution in [1.82, 2.24) is 0 Å². The van der Waals surface area contributed by atoms with Crippen LogP contribution in [0.2, 0.25) is 5.02 Å². The summed E-state index contributed by atoms with van der Waals surface area (Å²) in [6, 6.07) is 15.4. The van der Waals surface area contributed by atoms with Crippen molar-refractivity contribution in [3.8, 4) is 0 Å². The van der Waals surface area contributed by atoms with E-state index in [4.69, 9.17) is 23.2 Å². The summed E-state index contributed by atoms with van der Waals surface area (Å²) in [6.07, 6.45) is 0.702. The van der Waals surface area contributed by atoms with Crippen LogP contribution in [0.4, 0.5) is 5.69 Å². The van der Waals surface area contributed by atoms with Gasteiger partial charge in [0.05, 0.1) is 0 Å². The molecule has 1 atom stereocenters. The highest BCUT2D eigenvalue weighted by molar-refractivity contribution is 6.32. The average molecular weight is 308 g/mol. The Hall–Kier alpha value is -1.51. The number of nitrogens with one attached hydrogen (secondary N) is 1. The van der Waals surface area contributed by atoms with Gasteiger partial charge in [0, 0.05) is 10.7 Å². The number of alkyl halides is 1. The summed E-state index contributed by atoms with van der Waals surface area (Å²) in [7, 11) is 0. The van der Waals surface area contributed by atoms with Gasteiger partial charge in [-0.3, -0.25) is 4.79 Å². The number of halogens is 2. The maximum atomic E-state index is 11.7. The third-order valence-electron chi connectivity index (χ3n) is 2.92. The van der Waals surface area contributed by atoms with Crippen LogP contribution in [-0.2, 0) is 11.2 Å². The lowest BCUT2D eigenvalue weighted by Gasteiger charge is -2.12. The highest BCUT2D eigenvalue weighted by Crippen LogP contribution is 2.24. The summed E-state index contributed by atoms with van der Waals surface area (Å²) in [5, 5.41) is 2.90. The van der Waals surface area contributed by atoms with Gasteiger partial charge in [0.25, 0.3) is 0 Å². The molecule has 0 radical (unpaired) electrons. The van der Waals surface area contributed by atoms with Crippen molar-refractivity contribution in [2.75, 3.05) is 5.32 Å². The quantitative estimate of drug-likeness (QED) is 0.828. The molecule has 2 aromatic carbocycles. The van der Waals surface area contributed by atoms with E-state index in [2.05, 4.69) is 5.32 Å². The molecule has 2 rings (SSSR count). The van der Waals surface area contributed by atoms with Crippen LogP contribution in [0, 0.1) is 0 Å². The fourth-order valence-electron chi connectivity index (χ4n) is 1.88. The highest BCUT2D eigenvalue weighted by Gasteiger charge is 2.12. The van der Waals surface area contributed by atoms with Gasteiger partial charge in [-0.05, 0) is 42.7 Å². The highest BCUT2D eigenvalue weighted by atomic mass is 35.5. The van der Waals surface area contributed by atoms with Crippen molar-refractivity contribution in [3.05, 3.63) is 64.7 Å². The van der Waals surface area contributed by atoms with E-state index in [9.17, 15) is 4.79 Å². The van der Waals surface area contributed by atoms with E-state index in [-0.39, 0.29) is 5.91 Å². The molecule has 0 fully saturated rings. The van der Waals surface area contributed by atoms with Gasteiger partial charge in [0.1, 0.15) is 5.38 Å². The Morgan fingerprint density at radius 2 is 1.90 bits per heavy atom. The van der Waals surface area contributed by atoms with Gasteiger partial charge in [-0.15, -0.1) is 11.6 Å². The Kier molecular flexibility index (Phi) is 5.05. The van der Waals surface area contributed by atoms with E-state index in [1.165, 1.54) is 0 Å². The number of anilines is 1. The summed E-state index contributed by atoms with van der Waals surface area (Å²) >= 11 is 11.8. The van der Waals surface area contributed by atoms with Crippen molar-refractivity contribution >= 4 is 34.8 Å². The van der Waals surface area contributed by atoms with E-state index in [1.807, 2.05) is 36.4 Å². The van der Waals surface area contributed by atoms with Crippen LogP contribution in [0.25, 0.3) is 0 Å². The monoisotopic (exact) mass is 307 g/mol. The zero-order chi connectivity index (χ0) is 14.5. The minimum atomic E-state index is -0.574. The minimum Gasteiger partial charge on any atom is -0.325 e. The second-order valence-electron chi connectivity index (χ2n) is 4.57. The van der Waals surface area contributed by atoms with E-state index in [1.54, 1.807) is 19.1 Å². The van der Waals surface area contributed by atoms with E-state index < -0.39 is 5.38 Å². The normalized spacial score (nSPS) is 11.9. The maximum Gasteiger partial charge on any atom is 0.242 e. The summed E-state index contributed by atoms with van der Waals surface area (Å²) in [5.41, 5.74) is 2.87. The Labute approximate surface area is 128 Å². The molecule has 104 valence electrons. The smallest absolute Gasteiger partial charge is 0.242 e. The van der Waals surface area contributed by atoms with Gasteiger partial charge >= 0.3 is 0 Å². The Morgan fingerprint density at radius 1 is 1.20 bits per heavy atom. The first-order chi connectivity index (χ1) is 9.56. The van der Waals surface area contributed by atoms with Gasteiger partial charge in [0.15, 0.2) is 0 Å². The largest absolute Gasteiger partial charge is 0.325 e. The molecule has 1 amide bonds. The van der Waals surface area contributed by atoms with Crippen molar-refractivity contribution in [1.29, 1.82) is 0 Å². The minimum absolute atomic E-state index is 0.219. The number of carbonyl (C=O) groups is 1. The molecular weight excluding hydrogens is 293 g/mol. The predicted molar refractivity (Wildman–Crippen MR) is 84.6 cm³/mol. The summed E-state index contributed by atoms with van der Waals surface area (Å²) < 4.78 is 0. The number of rotatable bonds is 4. The second kappa shape index (κ2) is 6.78. The van der Waals surface area contributed by atoms with E-state index in [0.29, 0.717) is 11.4 Å². The number of hydrogen-bond donors (Lipinski definition) is 1. The number of hydrogen-bond acceptors (Lipinski definition) is 1. The molecule has 0 aliphatic heterocycles. The van der Waals surface area contributed by atoms with Crippen LogP contribution < -0.4 is 5.32 Å². The van der Waals surface area contributed by atoms with Crippen molar-refractivity contribution in [2.24, 2.45) is 0 Å². The van der Waals surface area contributed by atoms with Crippen LogP contribution in [0.3, 0.4) is 0 Å². The van der Waals surface area contributed by atoms with Gasteiger partial charge in [-0.2, -0.15) is 0 Å². The molecule has 0 aliphatic rings. The zero-order valence-electron chi connectivity index (χ0n) is 11.1. The summed E-state index contributed by atoms with van der Waals surface area (Å²) in [5.74, 6) is -0.219. The summed E-state index contributed by atoms with van der Waals surface area (Å²) in [6.45, 7) is 1.64. The standard InChI is InChI=1S/C16H15Cl2NO/c1-11(17)16(20)19-15-8-7-14(18)10-13(15)9-12-5-3-2-4-6-12/h2-8,10-11H,9H2,1H3,(H,19,20). The molecule has 0 aliphatic carbocycles. The molecule has 0 bridgehead atoms. The molecule has 0 saturated carbocycles. The van der Waals surface area contributed by atoms with Crippen LogP contribution in [0.5, 0.6) is 0 Å². The zero-order valence-corrected chi connectivity index (χ0v) is 12.6. The Morgan fingerprint density at radius 3 is 2.55 bits per heavy atom. The first kappa shape index (κ1) is 14.9. The molecule has 20 heavy (non-hydrogen) atoms. The molecular formula is C16H15Cl2NO. The van der Waals surface area contributed by atoms with E-state index >= 15 is 0 Å². The first-order valence-corrected chi connectivity index (χ1v) is 7.15. The lowest BCUT2D eigenvalue weighted by atomic mass is 10.0. The van der Waals surface area contributed by atoms with Gasteiger partial charge in [-0.1, -0.05) is 41.9 Å². The third-order valence-corrected chi connectivity index (χ3v) is 3.36. The van der Waals surface area contributed by atoms with Crippen LogP contribution >= 0.6 is 23.2 Å². The van der Waals surface area contributed by atoms with Crippen molar-refractivity contribution in [3.63, 3.8) is 0 Å². The lowest BCUT2D eigenvalue weighted by Crippen LogP contribution is -2.21. The van der Waals surface area contributed by atoms with Gasteiger partial charge < -0.3 is 5.32 Å². The molecule has 0 aromatic heterocycles. The SMILES string of the molecule is CC(Cl)C(=O)Nc1ccc(Cl)cc1Cc1ccccc1. The van der Waals surface area contributed by atoms with Crippen molar-refractivity contribution < 1.29 is 4.79 Å². The second-order valence-corrected chi connectivity index (χ2v) is 5.66. The molecule has 2 aromatic rings. The lowest BCUT2D eigenvalue weighted by molar-refractivity contribution is -0.115. The Balaban J connectivity index is 2.26. The Bertz CT molecular complexity index is 597. The van der Waals surface area contributed by atoms with Crippen LogP contribution in [0.15, 0.2) is 48.5 Å². The average Bonchev–Trinajstić information content (AvgIpc) is 2.42.